The highest BCUT2D eigenvalue weighted by atomic mass is 15.1. The van der Waals surface area contributed by atoms with E-state index in [0.717, 1.165) is 30.3 Å². The van der Waals surface area contributed by atoms with Crippen LogP contribution in [0.2, 0.25) is 0 Å². The van der Waals surface area contributed by atoms with E-state index in [1.165, 1.54) is 6.33 Å². The second-order valence-electron chi connectivity index (χ2n) is 5.40. The highest BCUT2D eigenvalue weighted by molar-refractivity contribution is 5.88. The third kappa shape index (κ3) is 1.97. The zero-order valence-electron chi connectivity index (χ0n) is 11.7. The van der Waals surface area contributed by atoms with Crippen LogP contribution in [0.1, 0.15) is 19.3 Å². The molecule has 3 aromatic heterocycles. The lowest BCUT2D eigenvalue weighted by atomic mass is 9.78. The fourth-order valence-electron chi connectivity index (χ4n) is 2.63. The number of anilines is 1. The Morgan fingerprint density at radius 2 is 2.14 bits per heavy atom. The van der Waals surface area contributed by atoms with Crippen molar-refractivity contribution in [1.29, 1.82) is 5.26 Å². The van der Waals surface area contributed by atoms with Gasteiger partial charge in [-0.3, -0.25) is 0 Å². The lowest BCUT2D eigenvalue weighted by Crippen LogP contribution is -2.43. The first-order valence-corrected chi connectivity index (χ1v) is 7.11. The van der Waals surface area contributed by atoms with Crippen LogP contribution in [-0.4, -0.2) is 30.5 Å². The van der Waals surface area contributed by atoms with Crippen molar-refractivity contribution >= 4 is 16.9 Å². The van der Waals surface area contributed by atoms with Crippen LogP contribution in [0.25, 0.3) is 22.6 Å². The molecule has 4 rings (SSSR count). The van der Waals surface area contributed by atoms with Crippen LogP contribution < -0.4 is 5.32 Å². The molecule has 0 spiro atoms. The first kappa shape index (κ1) is 12.7. The van der Waals surface area contributed by atoms with E-state index in [0.29, 0.717) is 17.3 Å². The van der Waals surface area contributed by atoms with Gasteiger partial charge >= 0.3 is 0 Å². The Kier molecular flexibility index (Phi) is 2.76. The summed E-state index contributed by atoms with van der Waals surface area (Å²) in [5.41, 5.74) is 0.940. The Hall–Kier alpha value is -3.01. The molecular formula is C15H13N7. The van der Waals surface area contributed by atoms with Crippen LogP contribution in [0.5, 0.6) is 0 Å². The molecule has 2 N–H and O–H groups in total. The molecule has 0 amide bonds. The van der Waals surface area contributed by atoms with Crippen LogP contribution >= 0.6 is 0 Å². The van der Waals surface area contributed by atoms with Gasteiger partial charge in [-0.25, -0.2) is 19.9 Å². The molecule has 0 unspecified atom stereocenters. The summed E-state index contributed by atoms with van der Waals surface area (Å²) in [6.07, 6.45) is 7.73. The average Bonchev–Trinajstić information content (AvgIpc) is 2.99. The quantitative estimate of drug-likeness (QED) is 0.767. The van der Waals surface area contributed by atoms with E-state index in [-0.39, 0.29) is 0 Å². The number of H-pyrrole nitrogens is 1. The summed E-state index contributed by atoms with van der Waals surface area (Å²) in [4.78, 5) is 20.3. The van der Waals surface area contributed by atoms with Gasteiger partial charge in [0.2, 0.25) is 0 Å². The van der Waals surface area contributed by atoms with Gasteiger partial charge in [-0.1, -0.05) is 0 Å². The third-order valence-electron chi connectivity index (χ3n) is 4.01. The highest BCUT2D eigenvalue weighted by Gasteiger charge is 2.37. The van der Waals surface area contributed by atoms with Crippen molar-refractivity contribution in [2.75, 3.05) is 5.32 Å². The van der Waals surface area contributed by atoms with Gasteiger partial charge in [0.05, 0.1) is 6.07 Å². The van der Waals surface area contributed by atoms with E-state index in [2.05, 4.69) is 36.3 Å². The van der Waals surface area contributed by atoms with Crippen LogP contribution in [0.15, 0.2) is 30.9 Å². The molecule has 3 aromatic rings. The lowest BCUT2D eigenvalue weighted by molar-refractivity contribution is 0.355. The van der Waals surface area contributed by atoms with Crippen molar-refractivity contribution in [2.45, 2.75) is 24.8 Å². The summed E-state index contributed by atoms with van der Waals surface area (Å²) >= 11 is 0. The minimum absolute atomic E-state index is 0.485. The van der Waals surface area contributed by atoms with Gasteiger partial charge < -0.3 is 10.3 Å². The molecule has 0 aromatic carbocycles. The topological polar surface area (TPSA) is 103 Å². The minimum atomic E-state index is -0.485. The van der Waals surface area contributed by atoms with Crippen LogP contribution in [-0.2, 0) is 0 Å². The van der Waals surface area contributed by atoms with Crippen molar-refractivity contribution in [3.05, 3.63) is 30.9 Å². The molecule has 0 radical (unpaired) electrons. The number of nitrogens with zero attached hydrogens (tertiary/aromatic N) is 5. The minimum Gasteiger partial charge on any atom is -0.352 e. The van der Waals surface area contributed by atoms with E-state index in [4.69, 9.17) is 0 Å². The van der Waals surface area contributed by atoms with Gasteiger partial charge in [0.25, 0.3) is 0 Å². The molecule has 1 fully saturated rings. The summed E-state index contributed by atoms with van der Waals surface area (Å²) in [5, 5.41) is 13.4. The van der Waals surface area contributed by atoms with Gasteiger partial charge in [0.1, 0.15) is 29.0 Å². The number of hydrogen-bond donors (Lipinski definition) is 2. The number of nitriles is 1. The van der Waals surface area contributed by atoms with Crippen LogP contribution in [0, 0.1) is 11.3 Å². The lowest BCUT2D eigenvalue weighted by Gasteiger charge is -2.36. The second-order valence-corrected chi connectivity index (χ2v) is 5.40. The summed E-state index contributed by atoms with van der Waals surface area (Å²) in [7, 11) is 0. The van der Waals surface area contributed by atoms with Gasteiger partial charge in [0.15, 0.2) is 5.82 Å². The zero-order chi connectivity index (χ0) is 15.0. The van der Waals surface area contributed by atoms with E-state index in [1.54, 1.807) is 12.3 Å². The zero-order valence-corrected chi connectivity index (χ0v) is 11.7. The Bertz CT molecular complexity index is 873. The summed E-state index contributed by atoms with van der Waals surface area (Å²) in [5.74, 6) is 1.16. The molecule has 1 aliphatic rings. The normalized spacial score (nSPS) is 16.0. The first-order valence-electron chi connectivity index (χ1n) is 7.11. The van der Waals surface area contributed by atoms with Crippen LogP contribution in [0.4, 0.5) is 5.82 Å². The molecule has 0 bridgehead atoms. The maximum atomic E-state index is 9.32. The first-order chi connectivity index (χ1) is 10.8. The largest absolute Gasteiger partial charge is 0.352 e. The molecular weight excluding hydrogens is 278 g/mol. The second kappa shape index (κ2) is 4.77. The van der Waals surface area contributed by atoms with Crippen molar-refractivity contribution in [3.8, 4) is 17.6 Å². The molecule has 108 valence electrons. The van der Waals surface area contributed by atoms with E-state index < -0.39 is 5.54 Å². The number of aromatic amines is 1. The molecule has 7 heteroatoms. The van der Waals surface area contributed by atoms with Gasteiger partial charge in [-0.2, -0.15) is 5.26 Å². The van der Waals surface area contributed by atoms with Crippen molar-refractivity contribution in [2.24, 2.45) is 0 Å². The molecule has 0 atom stereocenters. The maximum Gasteiger partial charge on any atom is 0.180 e. The Balaban J connectivity index is 1.73. The molecule has 7 nitrogen and oxygen atoms in total. The molecule has 1 aliphatic carbocycles. The Labute approximate surface area is 126 Å². The summed E-state index contributed by atoms with van der Waals surface area (Å²) in [6, 6.07) is 6.02. The molecule has 0 saturated heterocycles. The fourth-order valence-corrected chi connectivity index (χ4v) is 2.63. The fraction of sp³-hybridized carbons (Fsp3) is 0.267. The average molecular weight is 291 g/mol. The summed E-state index contributed by atoms with van der Waals surface area (Å²) in [6.45, 7) is 0. The Morgan fingerprint density at radius 1 is 1.23 bits per heavy atom. The molecule has 0 aliphatic heterocycles. The molecule has 1 saturated carbocycles. The van der Waals surface area contributed by atoms with Crippen molar-refractivity contribution < 1.29 is 0 Å². The predicted molar refractivity (Wildman–Crippen MR) is 80.7 cm³/mol. The number of fused-ring (bicyclic) bond motifs is 1. The summed E-state index contributed by atoms with van der Waals surface area (Å²) < 4.78 is 0. The molecule has 3 heterocycles. The molecule has 22 heavy (non-hydrogen) atoms. The Morgan fingerprint density at radius 3 is 2.91 bits per heavy atom. The van der Waals surface area contributed by atoms with E-state index in [1.807, 2.05) is 12.3 Å². The van der Waals surface area contributed by atoms with Gasteiger partial charge in [-0.15, -0.1) is 0 Å². The van der Waals surface area contributed by atoms with E-state index in [9.17, 15) is 5.26 Å². The third-order valence-corrected chi connectivity index (χ3v) is 4.01. The highest BCUT2D eigenvalue weighted by Crippen LogP contribution is 2.34. The maximum absolute atomic E-state index is 9.32. The van der Waals surface area contributed by atoms with E-state index >= 15 is 0 Å². The van der Waals surface area contributed by atoms with Gasteiger partial charge in [0, 0.05) is 17.8 Å². The number of aromatic nitrogens is 5. The number of nitrogens with one attached hydrogen (secondary N) is 2. The van der Waals surface area contributed by atoms with Crippen molar-refractivity contribution in [3.63, 3.8) is 0 Å². The smallest absolute Gasteiger partial charge is 0.180 e. The predicted octanol–water partition coefficient (Wildman–Crippen LogP) is 2.27. The monoisotopic (exact) mass is 291 g/mol. The standard InChI is InChI=1S/C15H13N7/c16-8-15(4-1-5-15)22-11-3-7-18-14(21-11)12-10-2-6-17-13(10)20-9-19-12/h2-3,6-7,9H,1,4-5H2,(H,17,19,20)(H,18,21,22). The number of hydrogen-bond acceptors (Lipinski definition) is 6. The SMILES string of the molecule is N#CC1(Nc2ccnc(-c3ncnc4[nH]ccc34)n2)CCC1. The number of rotatable bonds is 3. The van der Waals surface area contributed by atoms with Crippen molar-refractivity contribution in [1.82, 2.24) is 24.9 Å². The van der Waals surface area contributed by atoms with Crippen LogP contribution in [0.3, 0.4) is 0 Å². The van der Waals surface area contributed by atoms with Gasteiger partial charge in [-0.05, 0) is 31.4 Å².